The van der Waals surface area contributed by atoms with Gasteiger partial charge in [-0.25, -0.2) is 0 Å². The molecule has 0 aromatic carbocycles. The fourth-order valence-corrected chi connectivity index (χ4v) is 3.69. The molecular formula is C21H36O5. The zero-order chi connectivity index (χ0) is 18.7. The smallest absolute Gasteiger partial charge is 0.309 e. The average molecular weight is 369 g/mol. The van der Waals surface area contributed by atoms with Crippen LogP contribution in [0.3, 0.4) is 0 Å². The number of hydrogen-bond acceptors (Lipinski definition) is 4. The number of carboxylic acids is 1. The van der Waals surface area contributed by atoms with E-state index < -0.39 is 5.97 Å². The lowest BCUT2D eigenvalue weighted by Gasteiger charge is -2.12. The molecule has 0 radical (unpaired) electrons. The molecule has 0 amide bonds. The molecule has 150 valence electrons. The van der Waals surface area contributed by atoms with Crippen molar-refractivity contribution >= 4 is 12.4 Å². The lowest BCUT2D eigenvalue weighted by atomic mass is 9.98. The van der Waals surface area contributed by atoms with E-state index in [1.165, 1.54) is 25.7 Å². The fourth-order valence-electron chi connectivity index (χ4n) is 3.69. The van der Waals surface area contributed by atoms with Gasteiger partial charge in [0.15, 0.2) is 0 Å². The van der Waals surface area contributed by atoms with Crippen molar-refractivity contribution in [2.45, 2.75) is 102 Å². The van der Waals surface area contributed by atoms with Gasteiger partial charge in [0.2, 0.25) is 0 Å². The standard InChI is InChI=1S/C21H36O5/c22-18-26-21(14-15-21)11-7-3-5-9-17-25-16-8-4-1-2-6-10-20(12-13-20)19(23)24/h18H,1-17H2,(H,23,24). The van der Waals surface area contributed by atoms with E-state index in [-0.39, 0.29) is 11.0 Å². The number of rotatable bonds is 18. The maximum Gasteiger partial charge on any atom is 0.309 e. The van der Waals surface area contributed by atoms with Crippen molar-refractivity contribution in [3.63, 3.8) is 0 Å². The molecule has 0 saturated heterocycles. The quantitative estimate of drug-likeness (QED) is 0.276. The Kier molecular flexibility index (Phi) is 8.89. The van der Waals surface area contributed by atoms with Crippen LogP contribution < -0.4 is 0 Å². The van der Waals surface area contributed by atoms with Gasteiger partial charge in [0, 0.05) is 13.2 Å². The highest BCUT2D eigenvalue weighted by atomic mass is 16.5. The molecule has 0 unspecified atom stereocenters. The van der Waals surface area contributed by atoms with Gasteiger partial charge in [-0.2, -0.15) is 0 Å². The molecule has 0 heterocycles. The Labute approximate surface area is 157 Å². The van der Waals surface area contributed by atoms with Crippen molar-refractivity contribution in [1.29, 1.82) is 0 Å². The molecule has 5 heteroatoms. The van der Waals surface area contributed by atoms with Crippen LogP contribution in [-0.4, -0.2) is 36.4 Å². The normalized spacial score (nSPS) is 19.1. The first-order chi connectivity index (χ1) is 12.6. The van der Waals surface area contributed by atoms with Crippen molar-refractivity contribution in [2.75, 3.05) is 13.2 Å². The molecule has 0 spiro atoms. The second kappa shape index (κ2) is 10.9. The highest BCUT2D eigenvalue weighted by molar-refractivity contribution is 5.77. The van der Waals surface area contributed by atoms with Gasteiger partial charge in [-0.3, -0.25) is 9.59 Å². The molecule has 2 rings (SSSR count). The maximum atomic E-state index is 11.1. The van der Waals surface area contributed by atoms with E-state index in [9.17, 15) is 9.59 Å². The van der Waals surface area contributed by atoms with Crippen molar-refractivity contribution in [3.05, 3.63) is 0 Å². The molecule has 0 atom stereocenters. The molecule has 0 aromatic rings. The zero-order valence-corrected chi connectivity index (χ0v) is 16.2. The van der Waals surface area contributed by atoms with Gasteiger partial charge < -0.3 is 14.6 Å². The summed E-state index contributed by atoms with van der Waals surface area (Å²) < 4.78 is 10.8. The average Bonchev–Trinajstić information content (AvgIpc) is 3.53. The van der Waals surface area contributed by atoms with E-state index >= 15 is 0 Å². The summed E-state index contributed by atoms with van der Waals surface area (Å²) in [4.78, 5) is 21.5. The van der Waals surface area contributed by atoms with Crippen molar-refractivity contribution in [2.24, 2.45) is 5.41 Å². The fraction of sp³-hybridized carbons (Fsp3) is 0.905. The SMILES string of the molecule is O=COC1(CCCCCCOCCCCCCCC2(C(=O)O)CC2)CC1. The summed E-state index contributed by atoms with van der Waals surface area (Å²) in [6.07, 6.45) is 16.0. The molecule has 5 nitrogen and oxygen atoms in total. The predicted octanol–water partition coefficient (Wildman–Crippen LogP) is 4.86. The molecule has 2 saturated carbocycles. The number of unbranched alkanes of at least 4 members (excludes halogenated alkanes) is 7. The monoisotopic (exact) mass is 368 g/mol. The topological polar surface area (TPSA) is 72.8 Å². The lowest BCUT2D eigenvalue weighted by molar-refractivity contribution is -0.143. The summed E-state index contributed by atoms with van der Waals surface area (Å²) in [7, 11) is 0. The van der Waals surface area contributed by atoms with Gasteiger partial charge in [-0.15, -0.1) is 0 Å². The third-order valence-corrected chi connectivity index (χ3v) is 6.03. The van der Waals surface area contributed by atoms with Gasteiger partial charge in [-0.1, -0.05) is 38.5 Å². The van der Waals surface area contributed by atoms with Gasteiger partial charge in [0.05, 0.1) is 5.41 Å². The van der Waals surface area contributed by atoms with Crippen LogP contribution >= 0.6 is 0 Å². The molecule has 0 bridgehead atoms. The van der Waals surface area contributed by atoms with Crippen LogP contribution in [0.5, 0.6) is 0 Å². The minimum Gasteiger partial charge on any atom is -0.481 e. The molecule has 26 heavy (non-hydrogen) atoms. The van der Waals surface area contributed by atoms with Gasteiger partial charge >= 0.3 is 5.97 Å². The Balaban J connectivity index is 1.27. The number of hydrogen-bond donors (Lipinski definition) is 1. The minimum atomic E-state index is -0.591. The number of aliphatic carboxylic acids is 1. The number of carbonyl (C=O) groups excluding carboxylic acids is 1. The lowest BCUT2D eigenvalue weighted by Crippen LogP contribution is -2.14. The Hall–Kier alpha value is -1.10. The van der Waals surface area contributed by atoms with E-state index in [0.717, 1.165) is 83.8 Å². The molecule has 2 aliphatic carbocycles. The number of ether oxygens (including phenoxy) is 2. The van der Waals surface area contributed by atoms with E-state index in [4.69, 9.17) is 14.6 Å². The van der Waals surface area contributed by atoms with Crippen molar-refractivity contribution in [3.8, 4) is 0 Å². The second-order valence-electron chi connectivity index (χ2n) is 8.28. The molecular weight excluding hydrogens is 332 g/mol. The summed E-state index contributed by atoms with van der Waals surface area (Å²) >= 11 is 0. The van der Waals surface area contributed by atoms with E-state index in [1.54, 1.807) is 0 Å². The van der Waals surface area contributed by atoms with Crippen LogP contribution in [0.4, 0.5) is 0 Å². The predicted molar refractivity (Wildman–Crippen MR) is 100 cm³/mol. The molecule has 0 aliphatic heterocycles. The van der Waals surface area contributed by atoms with E-state index in [2.05, 4.69) is 0 Å². The third-order valence-electron chi connectivity index (χ3n) is 6.03. The summed E-state index contributed by atoms with van der Waals surface area (Å²) in [5.74, 6) is -0.591. The first-order valence-corrected chi connectivity index (χ1v) is 10.6. The highest BCUT2D eigenvalue weighted by Gasteiger charge is 2.49. The van der Waals surface area contributed by atoms with Gasteiger partial charge in [0.1, 0.15) is 5.60 Å². The summed E-state index contributed by atoms with van der Waals surface area (Å²) in [5, 5.41) is 9.12. The van der Waals surface area contributed by atoms with Gasteiger partial charge in [0.25, 0.3) is 6.47 Å². The van der Waals surface area contributed by atoms with E-state index in [0.29, 0.717) is 6.47 Å². The maximum absolute atomic E-state index is 11.1. The van der Waals surface area contributed by atoms with Crippen LogP contribution in [0.25, 0.3) is 0 Å². The largest absolute Gasteiger partial charge is 0.481 e. The molecule has 2 fully saturated rings. The third kappa shape index (κ3) is 7.65. The summed E-state index contributed by atoms with van der Waals surface area (Å²) in [6.45, 7) is 2.28. The number of carboxylic acid groups (broad SMARTS) is 1. The van der Waals surface area contributed by atoms with Crippen LogP contribution in [0.15, 0.2) is 0 Å². The summed E-state index contributed by atoms with van der Waals surface area (Å²) in [5.41, 5.74) is -0.436. The first-order valence-electron chi connectivity index (χ1n) is 10.6. The molecule has 2 aliphatic rings. The summed E-state index contributed by atoms with van der Waals surface area (Å²) in [6, 6.07) is 0. The van der Waals surface area contributed by atoms with Crippen molar-refractivity contribution in [1.82, 2.24) is 0 Å². The number of carbonyl (C=O) groups is 2. The Morgan fingerprint density at radius 1 is 0.808 bits per heavy atom. The minimum absolute atomic E-state index is 0.0921. The van der Waals surface area contributed by atoms with Crippen LogP contribution in [0, 0.1) is 5.41 Å². The zero-order valence-electron chi connectivity index (χ0n) is 16.2. The van der Waals surface area contributed by atoms with Gasteiger partial charge in [-0.05, 0) is 57.8 Å². The van der Waals surface area contributed by atoms with Crippen LogP contribution in [-0.2, 0) is 19.1 Å². The second-order valence-corrected chi connectivity index (χ2v) is 8.28. The Morgan fingerprint density at radius 3 is 1.85 bits per heavy atom. The van der Waals surface area contributed by atoms with E-state index in [1.807, 2.05) is 0 Å². The Bertz CT molecular complexity index is 426. The Morgan fingerprint density at radius 2 is 1.35 bits per heavy atom. The highest BCUT2D eigenvalue weighted by Crippen LogP contribution is 2.50. The van der Waals surface area contributed by atoms with Crippen molar-refractivity contribution < 1.29 is 24.2 Å². The van der Waals surface area contributed by atoms with Crippen LogP contribution in [0.2, 0.25) is 0 Å². The molecule has 0 aromatic heterocycles. The first kappa shape index (κ1) is 21.2. The molecule has 1 N–H and O–H groups in total. The van der Waals surface area contributed by atoms with Crippen LogP contribution in [0.1, 0.15) is 96.3 Å².